The summed E-state index contributed by atoms with van der Waals surface area (Å²) < 4.78 is 16.7. The van der Waals surface area contributed by atoms with Crippen molar-refractivity contribution in [3.8, 4) is 5.75 Å². The fraction of sp³-hybridized carbons (Fsp3) is 0.533. The van der Waals surface area contributed by atoms with Crippen molar-refractivity contribution in [3.05, 3.63) is 27.7 Å². The standard InChI is InChI=1S/C15H21BrClNO4/c1-15(2,3)22-14(19)18-10(8-20-4)9-21-11-5-6-12(16)13(17)7-11/h5-7,10H,8-9H2,1-4H3,(H,18,19)/t10-/m0/s1. The lowest BCUT2D eigenvalue weighted by Crippen LogP contribution is -2.44. The summed E-state index contributed by atoms with van der Waals surface area (Å²) in [6, 6.07) is 4.95. The zero-order chi connectivity index (χ0) is 16.8. The molecule has 0 unspecified atom stereocenters. The largest absolute Gasteiger partial charge is 0.491 e. The van der Waals surface area contributed by atoms with Gasteiger partial charge in [0, 0.05) is 11.6 Å². The molecule has 0 radical (unpaired) electrons. The maximum atomic E-state index is 11.8. The molecule has 0 aliphatic rings. The summed E-state index contributed by atoms with van der Waals surface area (Å²) >= 11 is 9.32. The van der Waals surface area contributed by atoms with Gasteiger partial charge in [-0.25, -0.2) is 4.79 Å². The number of halogens is 2. The summed E-state index contributed by atoms with van der Waals surface area (Å²) in [5, 5.41) is 3.27. The van der Waals surface area contributed by atoms with E-state index in [4.69, 9.17) is 25.8 Å². The van der Waals surface area contributed by atoms with Crippen molar-refractivity contribution >= 4 is 33.6 Å². The van der Waals surface area contributed by atoms with Gasteiger partial charge in [0.15, 0.2) is 0 Å². The third-order valence-corrected chi connectivity index (χ3v) is 3.66. The molecular formula is C15H21BrClNO4. The molecule has 0 aliphatic heterocycles. The molecule has 0 fully saturated rings. The Labute approximate surface area is 144 Å². The molecular weight excluding hydrogens is 374 g/mol. The summed E-state index contributed by atoms with van der Waals surface area (Å²) in [6.45, 7) is 5.96. The summed E-state index contributed by atoms with van der Waals surface area (Å²) in [7, 11) is 1.56. The Kier molecular flexibility index (Phi) is 7.45. The molecule has 0 saturated carbocycles. The number of hydrogen-bond donors (Lipinski definition) is 1. The highest BCUT2D eigenvalue weighted by atomic mass is 79.9. The molecule has 7 heteroatoms. The summed E-state index contributed by atoms with van der Waals surface area (Å²) in [5.41, 5.74) is -0.554. The molecule has 0 saturated heterocycles. The van der Waals surface area contributed by atoms with Gasteiger partial charge in [-0.3, -0.25) is 0 Å². The molecule has 1 aromatic rings. The molecule has 1 aromatic carbocycles. The van der Waals surface area contributed by atoms with Crippen LogP contribution in [0.25, 0.3) is 0 Å². The zero-order valence-electron chi connectivity index (χ0n) is 13.1. The quantitative estimate of drug-likeness (QED) is 0.791. The van der Waals surface area contributed by atoms with Crippen LogP contribution >= 0.6 is 27.5 Å². The van der Waals surface area contributed by atoms with Crippen LogP contribution in [0.3, 0.4) is 0 Å². The van der Waals surface area contributed by atoms with Gasteiger partial charge in [0.05, 0.1) is 17.7 Å². The Hall–Kier alpha value is -0.980. The Balaban J connectivity index is 2.56. The highest BCUT2D eigenvalue weighted by molar-refractivity contribution is 9.10. The van der Waals surface area contributed by atoms with Gasteiger partial charge in [-0.15, -0.1) is 0 Å². The number of amides is 1. The van der Waals surface area contributed by atoms with Gasteiger partial charge in [-0.1, -0.05) is 11.6 Å². The first kappa shape index (κ1) is 19.1. The van der Waals surface area contributed by atoms with Crippen LogP contribution in [0, 0.1) is 0 Å². The number of carbonyl (C=O) groups is 1. The number of rotatable bonds is 6. The number of benzene rings is 1. The maximum Gasteiger partial charge on any atom is 0.408 e. The van der Waals surface area contributed by atoms with E-state index in [-0.39, 0.29) is 12.6 Å². The maximum absolute atomic E-state index is 11.8. The number of nitrogens with one attached hydrogen (secondary N) is 1. The fourth-order valence-electron chi connectivity index (χ4n) is 1.57. The van der Waals surface area contributed by atoms with Crippen LogP contribution in [0.2, 0.25) is 5.02 Å². The highest BCUT2D eigenvalue weighted by Crippen LogP contribution is 2.26. The van der Waals surface area contributed by atoms with E-state index in [0.29, 0.717) is 17.4 Å². The van der Waals surface area contributed by atoms with Crippen molar-refractivity contribution in [1.82, 2.24) is 5.32 Å². The molecule has 22 heavy (non-hydrogen) atoms. The van der Waals surface area contributed by atoms with E-state index in [1.54, 1.807) is 46.1 Å². The number of alkyl carbamates (subject to hydrolysis) is 1. The monoisotopic (exact) mass is 393 g/mol. The van der Waals surface area contributed by atoms with Crippen molar-refractivity contribution in [3.63, 3.8) is 0 Å². The van der Waals surface area contributed by atoms with Crippen molar-refractivity contribution in [1.29, 1.82) is 0 Å². The molecule has 1 rings (SSSR count). The number of hydrogen-bond acceptors (Lipinski definition) is 4. The van der Waals surface area contributed by atoms with E-state index in [2.05, 4.69) is 21.2 Å². The van der Waals surface area contributed by atoms with Gasteiger partial charge >= 0.3 is 6.09 Å². The Morgan fingerprint density at radius 3 is 2.59 bits per heavy atom. The first-order valence-corrected chi connectivity index (χ1v) is 7.94. The predicted molar refractivity (Wildman–Crippen MR) is 89.7 cm³/mol. The molecule has 124 valence electrons. The van der Waals surface area contributed by atoms with Crippen LogP contribution in [0.1, 0.15) is 20.8 Å². The number of carbonyl (C=O) groups excluding carboxylic acids is 1. The van der Waals surface area contributed by atoms with Crippen LogP contribution in [-0.2, 0) is 9.47 Å². The van der Waals surface area contributed by atoms with Gasteiger partial charge in [0.1, 0.15) is 18.0 Å². The van der Waals surface area contributed by atoms with E-state index in [9.17, 15) is 4.79 Å². The fourth-order valence-corrected chi connectivity index (χ4v) is 1.99. The molecule has 5 nitrogen and oxygen atoms in total. The lowest BCUT2D eigenvalue weighted by atomic mass is 10.2. The SMILES string of the molecule is COC[C@@H](COc1ccc(Br)c(Cl)c1)NC(=O)OC(C)(C)C. The smallest absolute Gasteiger partial charge is 0.408 e. The summed E-state index contributed by atoms with van der Waals surface area (Å²) in [6.07, 6.45) is -0.507. The van der Waals surface area contributed by atoms with Crippen molar-refractivity contribution in [2.24, 2.45) is 0 Å². The van der Waals surface area contributed by atoms with Crippen molar-refractivity contribution < 1.29 is 19.0 Å². The lowest BCUT2D eigenvalue weighted by molar-refractivity contribution is 0.0438. The van der Waals surface area contributed by atoms with Crippen LogP contribution in [0.4, 0.5) is 4.79 Å². The molecule has 1 atom stereocenters. The predicted octanol–water partition coefficient (Wildman–Crippen LogP) is 4.02. The minimum absolute atomic E-state index is 0.241. The first-order chi connectivity index (χ1) is 10.2. The van der Waals surface area contributed by atoms with Gasteiger partial charge in [0.2, 0.25) is 0 Å². The molecule has 0 heterocycles. The Bertz CT molecular complexity index is 505. The van der Waals surface area contributed by atoms with Crippen LogP contribution < -0.4 is 10.1 Å². The normalized spacial score (nSPS) is 12.6. The summed E-state index contributed by atoms with van der Waals surface area (Å²) in [5.74, 6) is 0.611. The van der Waals surface area contributed by atoms with Crippen LogP contribution in [0.15, 0.2) is 22.7 Å². The molecule has 1 N–H and O–H groups in total. The second-order valence-corrected chi connectivity index (χ2v) is 6.95. The van der Waals surface area contributed by atoms with E-state index in [0.717, 1.165) is 4.47 Å². The molecule has 0 aromatic heterocycles. The minimum Gasteiger partial charge on any atom is -0.491 e. The second-order valence-electron chi connectivity index (χ2n) is 5.69. The van der Waals surface area contributed by atoms with Gasteiger partial charge < -0.3 is 19.5 Å². The number of methoxy groups -OCH3 is 1. The van der Waals surface area contributed by atoms with Gasteiger partial charge in [-0.2, -0.15) is 0 Å². The van der Waals surface area contributed by atoms with E-state index in [1.165, 1.54) is 0 Å². The molecule has 1 amide bonds. The third-order valence-electron chi connectivity index (χ3n) is 2.43. The van der Waals surface area contributed by atoms with E-state index >= 15 is 0 Å². The molecule has 0 aliphatic carbocycles. The van der Waals surface area contributed by atoms with Crippen LogP contribution in [0.5, 0.6) is 5.75 Å². The average molecular weight is 395 g/mol. The third kappa shape index (κ3) is 7.33. The van der Waals surface area contributed by atoms with E-state index < -0.39 is 11.7 Å². The lowest BCUT2D eigenvalue weighted by Gasteiger charge is -2.23. The second kappa shape index (κ2) is 8.60. The first-order valence-electron chi connectivity index (χ1n) is 6.77. The highest BCUT2D eigenvalue weighted by Gasteiger charge is 2.20. The molecule has 0 bridgehead atoms. The van der Waals surface area contributed by atoms with E-state index in [1.807, 2.05) is 0 Å². The zero-order valence-corrected chi connectivity index (χ0v) is 15.5. The Morgan fingerprint density at radius 2 is 2.05 bits per heavy atom. The topological polar surface area (TPSA) is 56.8 Å². The summed E-state index contributed by atoms with van der Waals surface area (Å²) in [4.78, 5) is 11.8. The molecule has 0 spiro atoms. The van der Waals surface area contributed by atoms with Crippen molar-refractivity contribution in [2.75, 3.05) is 20.3 Å². The average Bonchev–Trinajstić information content (AvgIpc) is 2.38. The van der Waals surface area contributed by atoms with Crippen molar-refractivity contribution in [2.45, 2.75) is 32.4 Å². The van der Waals surface area contributed by atoms with Crippen LogP contribution in [-0.4, -0.2) is 38.1 Å². The number of ether oxygens (including phenoxy) is 3. The van der Waals surface area contributed by atoms with Gasteiger partial charge in [-0.05, 0) is 54.9 Å². The Morgan fingerprint density at radius 1 is 1.36 bits per heavy atom. The minimum atomic E-state index is -0.554. The van der Waals surface area contributed by atoms with Gasteiger partial charge in [0.25, 0.3) is 0 Å².